The van der Waals surface area contributed by atoms with Gasteiger partial charge in [0.1, 0.15) is 5.01 Å². The van der Waals surface area contributed by atoms with Crippen LogP contribution in [0, 0.1) is 0 Å². The first-order valence-corrected chi connectivity index (χ1v) is 7.59. The molecule has 112 valence electrons. The summed E-state index contributed by atoms with van der Waals surface area (Å²) in [7, 11) is 0. The van der Waals surface area contributed by atoms with E-state index in [1.54, 1.807) is 0 Å². The molecule has 22 heavy (non-hydrogen) atoms. The molecule has 0 aliphatic rings. The van der Waals surface area contributed by atoms with Crippen LogP contribution in [0.1, 0.15) is 5.56 Å². The van der Waals surface area contributed by atoms with Crippen LogP contribution < -0.4 is 0 Å². The Morgan fingerprint density at radius 3 is 2.36 bits per heavy atom. The number of aromatic nitrogens is 1. The molecule has 0 amide bonds. The Morgan fingerprint density at radius 2 is 1.73 bits per heavy atom. The van der Waals surface area contributed by atoms with E-state index in [9.17, 15) is 13.2 Å². The van der Waals surface area contributed by atoms with Crippen LogP contribution in [0.2, 0.25) is 5.02 Å². The molecule has 0 fully saturated rings. The van der Waals surface area contributed by atoms with Crippen molar-refractivity contribution in [2.24, 2.45) is 0 Å². The fourth-order valence-corrected chi connectivity index (χ4v) is 3.20. The van der Waals surface area contributed by atoms with Gasteiger partial charge in [-0.05, 0) is 18.2 Å². The summed E-state index contributed by atoms with van der Waals surface area (Å²) < 4.78 is 38.0. The zero-order valence-electron chi connectivity index (χ0n) is 11.1. The van der Waals surface area contributed by atoms with Gasteiger partial charge in [-0.2, -0.15) is 13.2 Å². The number of alkyl halides is 3. The smallest absolute Gasteiger partial charge is 0.236 e. The van der Waals surface area contributed by atoms with Crippen LogP contribution in [0.15, 0.2) is 53.9 Å². The zero-order chi connectivity index (χ0) is 15.7. The van der Waals surface area contributed by atoms with Crippen molar-refractivity contribution in [3.63, 3.8) is 0 Å². The maximum absolute atomic E-state index is 12.7. The lowest BCUT2D eigenvalue weighted by molar-refractivity contribution is -0.137. The Balaban J connectivity index is 1.97. The molecular formula is C16H9ClF3NS. The normalized spacial score (nSPS) is 11.6. The van der Waals surface area contributed by atoms with Crippen molar-refractivity contribution in [1.82, 2.24) is 4.98 Å². The van der Waals surface area contributed by atoms with Gasteiger partial charge in [0, 0.05) is 16.5 Å². The van der Waals surface area contributed by atoms with Gasteiger partial charge < -0.3 is 0 Å². The van der Waals surface area contributed by atoms with E-state index in [0.717, 1.165) is 23.4 Å². The highest BCUT2D eigenvalue weighted by Gasteiger charge is 2.31. The second-order valence-electron chi connectivity index (χ2n) is 4.60. The topological polar surface area (TPSA) is 12.9 Å². The summed E-state index contributed by atoms with van der Waals surface area (Å²) >= 11 is 7.34. The average molecular weight is 340 g/mol. The number of rotatable bonds is 2. The molecule has 0 bridgehead atoms. The predicted molar refractivity (Wildman–Crippen MR) is 83.0 cm³/mol. The molecule has 3 aromatic rings. The third kappa shape index (κ3) is 3.00. The molecule has 1 heterocycles. The third-order valence-corrected chi connectivity index (χ3v) is 4.29. The first-order valence-electron chi connectivity index (χ1n) is 6.33. The average Bonchev–Trinajstić information content (AvgIpc) is 2.96. The summed E-state index contributed by atoms with van der Waals surface area (Å²) in [4.78, 5) is 4.46. The van der Waals surface area contributed by atoms with Crippen molar-refractivity contribution in [3.8, 4) is 21.8 Å². The van der Waals surface area contributed by atoms with Gasteiger partial charge >= 0.3 is 6.18 Å². The lowest BCUT2D eigenvalue weighted by Gasteiger charge is -2.08. The number of hydrogen-bond donors (Lipinski definition) is 0. The Bertz CT molecular complexity index is 797. The van der Waals surface area contributed by atoms with Crippen molar-refractivity contribution in [2.45, 2.75) is 6.18 Å². The molecule has 0 aliphatic carbocycles. The first-order chi connectivity index (χ1) is 10.4. The van der Waals surface area contributed by atoms with E-state index in [1.165, 1.54) is 17.4 Å². The van der Waals surface area contributed by atoms with Crippen LogP contribution >= 0.6 is 22.9 Å². The lowest BCUT2D eigenvalue weighted by atomic mass is 10.1. The van der Waals surface area contributed by atoms with Crippen molar-refractivity contribution in [1.29, 1.82) is 0 Å². The zero-order valence-corrected chi connectivity index (χ0v) is 12.6. The number of nitrogens with zero attached hydrogens (tertiary/aromatic N) is 1. The minimum atomic E-state index is -4.40. The van der Waals surface area contributed by atoms with Crippen molar-refractivity contribution < 1.29 is 13.2 Å². The van der Waals surface area contributed by atoms with E-state index in [-0.39, 0.29) is 5.02 Å². The molecule has 0 spiro atoms. The monoisotopic (exact) mass is 339 g/mol. The van der Waals surface area contributed by atoms with Gasteiger partial charge in [0.25, 0.3) is 0 Å². The van der Waals surface area contributed by atoms with Gasteiger partial charge in [0.2, 0.25) is 0 Å². The number of hydrogen-bond acceptors (Lipinski definition) is 2. The SMILES string of the molecule is FC(F)(F)c1ccc(-c2nc(-c3ccccc3)cs2)c(Cl)c1. The maximum Gasteiger partial charge on any atom is 0.416 e. The molecular weight excluding hydrogens is 331 g/mol. The molecule has 0 unspecified atom stereocenters. The Labute approximate surface area is 134 Å². The minimum absolute atomic E-state index is 0.0452. The van der Waals surface area contributed by atoms with Crippen LogP contribution in [0.25, 0.3) is 21.8 Å². The highest BCUT2D eigenvalue weighted by molar-refractivity contribution is 7.13. The van der Waals surface area contributed by atoms with Gasteiger partial charge in [-0.3, -0.25) is 0 Å². The fourth-order valence-electron chi connectivity index (χ4n) is 2.00. The first kappa shape index (κ1) is 15.1. The van der Waals surface area contributed by atoms with Crippen LogP contribution in [-0.2, 0) is 6.18 Å². The van der Waals surface area contributed by atoms with E-state index < -0.39 is 11.7 Å². The van der Waals surface area contributed by atoms with Crippen LogP contribution in [0.3, 0.4) is 0 Å². The largest absolute Gasteiger partial charge is 0.416 e. The Hall–Kier alpha value is -1.85. The van der Waals surface area contributed by atoms with Gasteiger partial charge in [0.05, 0.1) is 16.3 Å². The summed E-state index contributed by atoms with van der Waals surface area (Å²) in [5, 5.41) is 2.50. The minimum Gasteiger partial charge on any atom is -0.236 e. The van der Waals surface area contributed by atoms with Crippen molar-refractivity contribution in [3.05, 3.63) is 64.5 Å². The third-order valence-electron chi connectivity index (χ3n) is 3.10. The molecule has 0 aliphatic heterocycles. The molecule has 2 aromatic carbocycles. The second kappa shape index (κ2) is 5.74. The van der Waals surface area contributed by atoms with E-state index in [4.69, 9.17) is 11.6 Å². The quantitative estimate of drug-likeness (QED) is 0.545. The Morgan fingerprint density at radius 1 is 1.00 bits per heavy atom. The van der Waals surface area contributed by atoms with Gasteiger partial charge in [-0.1, -0.05) is 41.9 Å². The van der Waals surface area contributed by atoms with Gasteiger partial charge in [-0.25, -0.2) is 4.98 Å². The van der Waals surface area contributed by atoms with Crippen LogP contribution in [-0.4, -0.2) is 4.98 Å². The molecule has 1 nitrogen and oxygen atoms in total. The van der Waals surface area contributed by atoms with Crippen LogP contribution in [0.5, 0.6) is 0 Å². The summed E-state index contributed by atoms with van der Waals surface area (Å²) in [6.07, 6.45) is -4.40. The van der Waals surface area contributed by atoms with E-state index in [0.29, 0.717) is 10.6 Å². The molecule has 0 N–H and O–H groups in total. The lowest BCUT2D eigenvalue weighted by Crippen LogP contribution is -2.04. The van der Waals surface area contributed by atoms with Crippen molar-refractivity contribution >= 4 is 22.9 Å². The predicted octanol–water partition coefficient (Wildman–Crippen LogP) is 6.15. The highest BCUT2D eigenvalue weighted by Crippen LogP contribution is 2.37. The standard InChI is InChI=1S/C16H9ClF3NS/c17-13-8-11(16(18,19)20)6-7-12(13)15-21-14(9-22-15)10-4-2-1-3-5-10/h1-9H. The number of benzene rings is 2. The highest BCUT2D eigenvalue weighted by atomic mass is 35.5. The molecule has 0 saturated heterocycles. The summed E-state index contributed by atoms with van der Waals surface area (Å²) in [5.74, 6) is 0. The summed E-state index contributed by atoms with van der Waals surface area (Å²) in [6.45, 7) is 0. The fraction of sp³-hybridized carbons (Fsp3) is 0.0625. The number of halogens is 4. The maximum atomic E-state index is 12.7. The molecule has 1 aromatic heterocycles. The van der Waals surface area contributed by atoms with E-state index >= 15 is 0 Å². The second-order valence-corrected chi connectivity index (χ2v) is 5.86. The number of thiazole rings is 1. The van der Waals surface area contributed by atoms with Crippen LogP contribution in [0.4, 0.5) is 13.2 Å². The molecule has 6 heteroatoms. The van der Waals surface area contributed by atoms with E-state index in [1.807, 2.05) is 35.7 Å². The molecule has 0 saturated carbocycles. The summed E-state index contributed by atoms with van der Waals surface area (Å²) in [5.41, 5.74) is 1.47. The van der Waals surface area contributed by atoms with Gasteiger partial charge in [-0.15, -0.1) is 11.3 Å². The van der Waals surface area contributed by atoms with Gasteiger partial charge in [0.15, 0.2) is 0 Å². The molecule has 0 atom stereocenters. The van der Waals surface area contributed by atoms with Crippen molar-refractivity contribution in [2.75, 3.05) is 0 Å². The Kier molecular flexibility index (Phi) is 3.93. The molecule has 3 rings (SSSR count). The summed E-state index contributed by atoms with van der Waals surface area (Å²) in [6, 6.07) is 12.9. The molecule has 0 radical (unpaired) electrons. The van der Waals surface area contributed by atoms with E-state index in [2.05, 4.69) is 4.98 Å².